The van der Waals surface area contributed by atoms with Crippen molar-refractivity contribution in [2.45, 2.75) is 64.6 Å². The van der Waals surface area contributed by atoms with Crippen LogP contribution in [0.15, 0.2) is 0 Å². The molecule has 2 heterocycles. The molecule has 0 bridgehead atoms. The van der Waals surface area contributed by atoms with Crippen LogP contribution < -0.4 is 5.73 Å². The van der Waals surface area contributed by atoms with E-state index in [0.717, 1.165) is 13.0 Å². The van der Waals surface area contributed by atoms with Crippen LogP contribution >= 0.6 is 0 Å². The Kier molecular flexibility index (Phi) is 5.05. The first-order chi connectivity index (χ1) is 8.71. The SMILES string of the molecule is CCC1(CC)CCN(CC2CCC(CN)O2)CC1. The van der Waals surface area contributed by atoms with Crippen LogP contribution in [0.25, 0.3) is 0 Å². The summed E-state index contributed by atoms with van der Waals surface area (Å²) in [7, 11) is 0. The summed E-state index contributed by atoms with van der Waals surface area (Å²) in [6.07, 6.45) is 8.53. The predicted octanol–water partition coefficient (Wildman–Crippen LogP) is 2.39. The fraction of sp³-hybridized carbons (Fsp3) is 1.00. The molecule has 0 spiro atoms. The Morgan fingerprint density at radius 2 is 1.72 bits per heavy atom. The van der Waals surface area contributed by atoms with Gasteiger partial charge in [-0.1, -0.05) is 26.7 Å². The zero-order valence-corrected chi connectivity index (χ0v) is 12.2. The maximum absolute atomic E-state index is 5.95. The lowest BCUT2D eigenvalue weighted by Crippen LogP contribution is -2.43. The fourth-order valence-electron chi connectivity index (χ4n) is 3.54. The van der Waals surface area contributed by atoms with Gasteiger partial charge in [-0.2, -0.15) is 0 Å². The summed E-state index contributed by atoms with van der Waals surface area (Å²) in [5.74, 6) is 0. The molecule has 0 aromatic carbocycles. The molecule has 106 valence electrons. The molecular formula is C15H30N2O. The average Bonchev–Trinajstić information content (AvgIpc) is 2.88. The van der Waals surface area contributed by atoms with Crippen molar-refractivity contribution in [1.82, 2.24) is 4.90 Å². The maximum Gasteiger partial charge on any atom is 0.0707 e. The number of piperidine rings is 1. The molecule has 2 aliphatic heterocycles. The third-order valence-corrected chi connectivity index (χ3v) is 5.34. The van der Waals surface area contributed by atoms with Crippen LogP contribution in [0.3, 0.4) is 0 Å². The lowest BCUT2D eigenvalue weighted by Gasteiger charge is -2.41. The standard InChI is InChI=1S/C15H30N2O/c1-3-15(4-2)7-9-17(10-8-15)12-14-6-5-13(11-16)18-14/h13-14H,3-12,16H2,1-2H3. The minimum Gasteiger partial charge on any atom is -0.372 e. The third kappa shape index (κ3) is 3.25. The highest BCUT2D eigenvalue weighted by Gasteiger charge is 2.33. The van der Waals surface area contributed by atoms with Crippen LogP contribution in [0, 0.1) is 5.41 Å². The van der Waals surface area contributed by atoms with Crippen molar-refractivity contribution in [3.63, 3.8) is 0 Å². The van der Waals surface area contributed by atoms with Crippen molar-refractivity contribution in [3.8, 4) is 0 Å². The van der Waals surface area contributed by atoms with E-state index in [2.05, 4.69) is 18.7 Å². The zero-order valence-electron chi connectivity index (χ0n) is 12.2. The van der Waals surface area contributed by atoms with Crippen LogP contribution in [0.1, 0.15) is 52.4 Å². The normalized spacial score (nSPS) is 32.8. The van der Waals surface area contributed by atoms with Crippen molar-refractivity contribution in [2.75, 3.05) is 26.2 Å². The van der Waals surface area contributed by atoms with Crippen molar-refractivity contribution in [1.29, 1.82) is 0 Å². The van der Waals surface area contributed by atoms with Crippen molar-refractivity contribution >= 4 is 0 Å². The van der Waals surface area contributed by atoms with Gasteiger partial charge in [0.1, 0.15) is 0 Å². The van der Waals surface area contributed by atoms with Gasteiger partial charge in [-0.25, -0.2) is 0 Å². The molecule has 0 aliphatic carbocycles. The predicted molar refractivity (Wildman–Crippen MR) is 75.6 cm³/mol. The van der Waals surface area contributed by atoms with Crippen LogP contribution in [0.4, 0.5) is 0 Å². The maximum atomic E-state index is 5.95. The molecule has 18 heavy (non-hydrogen) atoms. The first-order valence-electron chi connectivity index (χ1n) is 7.79. The number of nitrogens with two attached hydrogens (primary N) is 1. The van der Waals surface area contributed by atoms with Gasteiger partial charge in [0.2, 0.25) is 0 Å². The van der Waals surface area contributed by atoms with E-state index in [9.17, 15) is 0 Å². The highest BCUT2D eigenvalue weighted by atomic mass is 16.5. The van der Waals surface area contributed by atoms with Crippen LogP contribution in [-0.4, -0.2) is 43.3 Å². The molecule has 0 amide bonds. The van der Waals surface area contributed by atoms with E-state index >= 15 is 0 Å². The summed E-state index contributed by atoms with van der Waals surface area (Å²) in [6.45, 7) is 9.03. The second-order valence-electron chi connectivity index (χ2n) is 6.20. The molecule has 0 aromatic rings. The van der Waals surface area contributed by atoms with E-state index in [-0.39, 0.29) is 0 Å². The van der Waals surface area contributed by atoms with Crippen LogP contribution in [0.2, 0.25) is 0 Å². The fourth-order valence-corrected chi connectivity index (χ4v) is 3.54. The number of hydrogen-bond donors (Lipinski definition) is 1. The number of rotatable bonds is 5. The number of ether oxygens (including phenoxy) is 1. The largest absolute Gasteiger partial charge is 0.372 e. The van der Waals surface area contributed by atoms with E-state index in [1.54, 1.807) is 0 Å². The quantitative estimate of drug-likeness (QED) is 0.819. The number of likely N-dealkylation sites (tertiary alicyclic amines) is 1. The Balaban J connectivity index is 1.74. The molecular weight excluding hydrogens is 224 g/mol. The first-order valence-corrected chi connectivity index (χ1v) is 7.79. The number of hydrogen-bond acceptors (Lipinski definition) is 3. The van der Waals surface area contributed by atoms with Crippen LogP contribution in [-0.2, 0) is 4.74 Å². The Morgan fingerprint density at radius 3 is 2.22 bits per heavy atom. The van der Waals surface area contributed by atoms with Gasteiger partial charge in [0.25, 0.3) is 0 Å². The molecule has 0 aromatic heterocycles. The molecule has 2 aliphatic rings. The van der Waals surface area contributed by atoms with Crippen molar-refractivity contribution in [2.24, 2.45) is 11.1 Å². The minimum absolute atomic E-state index is 0.324. The van der Waals surface area contributed by atoms with Gasteiger partial charge in [-0.3, -0.25) is 0 Å². The van der Waals surface area contributed by atoms with E-state index < -0.39 is 0 Å². The van der Waals surface area contributed by atoms with Gasteiger partial charge in [-0.05, 0) is 44.2 Å². The molecule has 3 heteroatoms. The van der Waals surface area contributed by atoms with Crippen molar-refractivity contribution in [3.05, 3.63) is 0 Å². The average molecular weight is 254 g/mol. The summed E-state index contributed by atoms with van der Waals surface area (Å²) in [6, 6.07) is 0. The lowest BCUT2D eigenvalue weighted by atomic mass is 9.74. The summed E-state index contributed by atoms with van der Waals surface area (Å²) < 4.78 is 5.95. The van der Waals surface area contributed by atoms with Gasteiger partial charge in [0, 0.05) is 13.1 Å². The Morgan fingerprint density at radius 1 is 1.11 bits per heavy atom. The molecule has 2 N–H and O–H groups in total. The Labute approximate surface area is 112 Å². The van der Waals surface area contributed by atoms with Gasteiger partial charge < -0.3 is 15.4 Å². The smallest absolute Gasteiger partial charge is 0.0707 e. The Bertz CT molecular complexity index is 243. The first kappa shape index (κ1) is 14.3. The minimum atomic E-state index is 0.324. The van der Waals surface area contributed by atoms with E-state index in [4.69, 9.17) is 10.5 Å². The van der Waals surface area contributed by atoms with Crippen molar-refractivity contribution < 1.29 is 4.74 Å². The van der Waals surface area contributed by atoms with Gasteiger partial charge in [-0.15, -0.1) is 0 Å². The van der Waals surface area contributed by atoms with E-state index in [1.165, 1.54) is 45.2 Å². The monoisotopic (exact) mass is 254 g/mol. The highest BCUT2D eigenvalue weighted by molar-refractivity contribution is 4.86. The van der Waals surface area contributed by atoms with E-state index in [0.29, 0.717) is 24.2 Å². The van der Waals surface area contributed by atoms with Gasteiger partial charge in [0.15, 0.2) is 0 Å². The van der Waals surface area contributed by atoms with Gasteiger partial charge in [0.05, 0.1) is 12.2 Å². The summed E-state index contributed by atoms with van der Waals surface area (Å²) in [4.78, 5) is 2.60. The molecule has 2 rings (SSSR count). The molecule has 3 nitrogen and oxygen atoms in total. The molecule has 0 saturated carbocycles. The van der Waals surface area contributed by atoms with Crippen LogP contribution in [0.5, 0.6) is 0 Å². The second-order valence-corrected chi connectivity index (χ2v) is 6.20. The topological polar surface area (TPSA) is 38.5 Å². The zero-order chi connectivity index (χ0) is 13.0. The van der Waals surface area contributed by atoms with Gasteiger partial charge >= 0.3 is 0 Å². The molecule has 2 fully saturated rings. The summed E-state index contributed by atoms with van der Waals surface area (Å²) >= 11 is 0. The Hall–Kier alpha value is -0.120. The molecule has 0 radical (unpaired) electrons. The molecule has 2 unspecified atom stereocenters. The highest BCUT2D eigenvalue weighted by Crippen LogP contribution is 2.38. The summed E-state index contributed by atoms with van der Waals surface area (Å²) in [5, 5.41) is 0. The number of nitrogens with zero attached hydrogens (tertiary/aromatic N) is 1. The molecule has 2 saturated heterocycles. The molecule has 2 atom stereocenters. The second kappa shape index (κ2) is 6.36. The lowest BCUT2D eigenvalue weighted by molar-refractivity contribution is 0.00900. The van der Waals surface area contributed by atoms with E-state index in [1.807, 2.05) is 0 Å². The summed E-state index contributed by atoms with van der Waals surface area (Å²) in [5.41, 5.74) is 6.29. The third-order valence-electron chi connectivity index (χ3n) is 5.34.